The Balaban J connectivity index is 1.45. The number of hydrogen-bond donors (Lipinski definition) is 1. The number of piperidine rings is 1. The van der Waals surface area contributed by atoms with Gasteiger partial charge in [0.05, 0.1) is 6.61 Å². The molecule has 1 aliphatic heterocycles. The van der Waals surface area contributed by atoms with E-state index in [-0.39, 0.29) is 0 Å². The molecule has 0 unspecified atom stereocenters. The lowest BCUT2D eigenvalue weighted by Crippen LogP contribution is -2.35. The number of rotatable bonds is 6. The molecule has 1 heterocycles. The van der Waals surface area contributed by atoms with Crippen LogP contribution in [-0.4, -0.2) is 19.2 Å². The molecular weight excluding hydrogens is 270 g/mol. The third-order valence-corrected chi connectivity index (χ3v) is 4.32. The molecule has 0 amide bonds. The zero-order chi connectivity index (χ0) is 15.0. The lowest BCUT2D eigenvalue weighted by molar-refractivity contribution is 0.268. The van der Waals surface area contributed by atoms with Crippen molar-refractivity contribution in [1.29, 1.82) is 0 Å². The van der Waals surface area contributed by atoms with Gasteiger partial charge in [0.25, 0.3) is 0 Å². The third-order valence-electron chi connectivity index (χ3n) is 4.32. The molecule has 2 nitrogen and oxygen atoms in total. The second kappa shape index (κ2) is 8.00. The molecule has 2 aromatic rings. The monoisotopic (exact) mass is 295 g/mol. The largest absolute Gasteiger partial charge is 0.494 e. The quantitative estimate of drug-likeness (QED) is 0.863. The maximum absolute atomic E-state index is 5.87. The topological polar surface area (TPSA) is 21.3 Å². The number of hydrogen-bond acceptors (Lipinski definition) is 2. The Labute approximate surface area is 133 Å². The van der Waals surface area contributed by atoms with E-state index in [4.69, 9.17) is 4.74 Å². The van der Waals surface area contributed by atoms with E-state index in [1.54, 1.807) is 0 Å². The van der Waals surface area contributed by atoms with Gasteiger partial charge in [0.15, 0.2) is 0 Å². The summed E-state index contributed by atoms with van der Waals surface area (Å²) >= 11 is 0. The van der Waals surface area contributed by atoms with Gasteiger partial charge < -0.3 is 10.1 Å². The van der Waals surface area contributed by atoms with E-state index in [1.807, 2.05) is 0 Å². The molecule has 0 bridgehead atoms. The van der Waals surface area contributed by atoms with Crippen LogP contribution in [0.4, 0.5) is 0 Å². The summed E-state index contributed by atoms with van der Waals surface area (Å²) in [5, 5.41) is 3.56. The summed E-state index contributed by atoms with van der Waals surface area (Å²) in [7, 11) is 0. The maximum atomic E-state index is 5.87. The molecule has 0 aliphatic carbocycles. The fourth-order valence-corrected chi connectivity index (χ4v) is 3.02. The summed E-state index contributed by atoms with van der Waals surface area (Å²) in [4.78, 5) is 0. The molecule has 0 saturated carbocycles. The van der Waals surface area contributed by atoms with Crippen LogP contribution in [0.5, 0.6) is 5.75 Å². The van der Waals surface area contributed by atoms with Gasteiger partial charge in [-0.15, -0.1) is 0 Å². The molecule has 2 heteroatoms. The SMILES string of the molecule is c1ccc(Cc2ccc(OCC[C@H]3CCCCN3)cc2)cc1. The zero-order valence-corrected chi connectivity index (χ0v) is 13.1. The van der Waals surface area contributed by atoms with Gasteiger partial charge in [-0.05, 0) is 55.5 Å². The summed E-state index contributed by atoms with van der Waals surface area (Å²) in [6.45, 7) is 1.97. The Kier molecular flexibility index (Phi) is 5.49. The van der Waals surface area contributed by atoms with Crippen molar-refractivity contribution in [2.45, 2.75) is 38.1 Å². The molecule has 1 fully saturated rings. The van der Waals surface area contributed by atoms with Crippen molar-refractivity contribution in [3.05, 3.63) is 65.7 Å². The predicted octanol–water partition coefficient (Wildman–Crippen LogP) is 4.19. The van der Waals surface area contributed by atoms with Gasteiger partial charge in [0.1, 0.15) is 5.75 Å². The molecule has 1 aliphatic rings. The Morgan fingerprint density at radius 2 is 1.68 bits per heavy atom. The van der Waals surface area contributed by atoms with E-state index in [0.29, 0.717) is 6.04 Å². The highest BCUT2D eigenvalue weighted by molar-refractivity contribution is 5.31. The van der Waals surface area contributed by atoms with Crippen LogP contribution in [0.2, 0.25) is 0 Å². The normalized spacial score (nSPS) is 18.1. The van der Waals surface area contributed by atoms with Crippen molar-refractivity contribution in [3.63, 3.8) is 0 Å². The number of ether oxygens (including phenoxy) is 1. The van der Waals surface area contributed by atoms with E-state index in [9.17, 15) is 0 Å². The van der Waals surface area contributed by atoms with Gasteiger partial charge in [-0.25, -0.2) is 0 Å². The second-order valence-electron chi connectivity index (χ2n) is 6.09. The summed E-state index contributed by atoms with van der Waals surface area (Å²) in [5.74, 6) is 0.979. The number of benzene rings is 2. The Morgan fingerprint density at radius 1 is 0.909 bits per heavy atom. The van der Waals surface area contributed by atoms with Gasteiger partial charge in [-0.1, -0.05) is 48.9 Å². The highest BCUT2D eigenvalue weighted by atomic mass is 16.5. The fraction of sp³-hybridized carbons (Fsp3) is 0.400. The van der Waals surface area contributed by atoms with Crippen LogP contribution in [0.1, 0.15) is 36.8 Å². The summed E-state index contributed by atoms with van der Waals surface area (Å²) in [6, 6.07) is 19.7. The van der Waals surface area contributed by atoms with Crippen LogP contribution < -0.4 is 10.1 Å². The standard InChI is InChI=1S/C20H25NO/c1-2-6-17(7-3-1)16-18-9-11-20(12-10-18)22-15-13-19-8-4-5-14-21-19/h1-3,6-7,9-12,19,21H,4-5,8,13-16H2/t19-/m1/s1. The molecule has 0 spiro atoms. The Bertz CT molecular complexity index is 544. The molecule has 0 radical (unpaired) electrons. The molecule has 1 atom stereocenters. The van der Waals surface area contributed by atoms with E-state index in [1.165, 1.54) is 36.9 Å². The molecule has 3 rings (SSSR count). The first kappa shape index (κ1) is 15.1. The van der Waals surface area contributed by atoms with Crippen molar-refractivity contribution >= 4 is 0 Å². The lowest BCUT2D eigenvalue weighted by atomic mass is 10.0. The molecule has 0 aromatic heterocycles. The van der Waals surface area contributed by atoms with Crippen molar-refractivity contribution < 1.29 is 4.74 Å². The van der Waals surface area contributed by atoms with E-state index >= 15 is 0 Å². The van der Waals surface area contributed by atoms with Gasteiger partial charge in [0, 0.05) is 6.04 Å². The molecule has 116 valence electrons. The van der Waals surface area contributed by atoms with Crippen molar-refractivity contribution in [1.82, 2.24) is 5.32 Å². The van der Waals surface area contributed by atoms with Gasteiger partial charge in [-0.3, -0.25) is 0 Å². The van der Waals surface area contributed by atoms with Crippen LogP contribution in [0.3, 0.4) is 0 Å². The van der Waals surface area contributed by atoms with E-state index in [2.05, 4.69) is 59.9 Å². The highest BCUT2D eigenvalue weighted by Crippen LogP contribution is 2.16. The first-order valence-corrected chi connectivity index (χ1v) is 8.39. The van der Waals surface area contributed by atoms with Gasteiger partial charge in [0.2, 0.25) is 0 Å². The third kappa shape index (κ3) is 4.60. The fourth-order valence-electron chi connectivity index (χ4n) is 3.02. The first-order chi connectivity index (χ1) is 10.9. The van der Waals surface area contributed by atoms with Crippen LogP contribution in [0.15, 0.2) is 54.6 Å². The number of nitrogens with one attached hydrogen (secondary N) is 1. The van der Waals surface area contributed by atoms with Crippen LogP contribution >= 0.6 is 0 Å². The van der Waals surface area contributed by atoms with Crippen LogP contribution in [0.25, 0.3) is 0 Å². The molecule has 1 saturated heterocycles. The summed E-state index contributed by atoms with van der Waals surface area (Å²) in [5.41, 5.74) is 2.67. The maximum Gasteiger partial charge on any atom is 0.119 e. The predicted molar refractivity (Wildman–Crippen MR) is 91.4 cm³/mol. The summed E-state index contributed by atoms with van der Waals surface area (Å²) in [6.07, 6.45) is 6.05. The van der Waals surface area contributed by atoms with E-state index < -0.39 is 0 Å². The summed E-state index contributed by atoms with van der Waals surface area (Å²) < 4.78 is 5.87. The molecule has 22 heavy (non-hydrogen) atoms. The minimum absolute atomic E-state index is 0.645. The second-order valence-corrected chi connectivity index (χ2v) is 6.09. The lowest BCUT2D eigenvalue weighted by Gasteiger charge is -2.23. The minimum atomic E-state index is 0.645. The average molecular weight is 295 g/mol. The van der Waals surface area contributed by atoms with Crippen LogP contribution in [0, 0.1) is 0 Å². The average Bonchev–Trinajstić information content (AvgIpc) is 2.58. The highest BCUT2D eigenvalue weighted by Gasteiger charge is 2.11. The molecular formula is C20H25NO. The smallest absolute Gasteiger partial charge is 0.119 e. The van der Waals surface area contributed by atoms with Crippen LogP contribution in [-0.2, 0) is 6.42 Å². The van der Waals surface area contributed by atoms with Crippen molar-refractivity contribution in [2.24, 2.45) is 0 Å². The molecule has 1 N–H and O–H groups in total. The van der Waals surface area contributed by atoms with Gasteiger partial charge in [-0.2, -0.15) is 0 Å². The van der Waals surface area contributed by atoms with E-state index in [0.717, 1.165) is 25.2 Å². The Morgan fingerprint density at radius 3 is 2.41 bits per heavy atom. The molecule has 2 aromatic carbocycles. The first-order valence-electron chi connectivity index (χ1n) is 8.39. The Hall–Kier alpha value is -1.80. The van der Waals surface area contributed by atoms with Crippen molar-refractivity contribution in [3.8, 4) is 5.75 Å². The zero-order valence-electron chi connectivity index (χ0n) is 13.1. The van der Waals surface area contributed by atoms with Crippen molar-refractivity contribution in [2.75, 3.05) is 13.2 Å². The minimum Gasteiger partial charge on any atom is -0.494 e. The van der Waals surface area contributed by atoms with Gasteiger partial charge >= 0.3 is 0 Å².